The van der Waals surface area contributed by atoms with Crippen LogP contribution in [0.15, 0.2) is 121 Å². The highest BCUT2D eigenvalue weighted by molar-refractivity contribution is 5.80. The molecule has 0 saturated heterocycles. The average Bonchev–Trinajstić information content (AvgIpc) is 3.26. The van der Waals surface area contributed by atoms with Crippen molar-refractivity contribution in [2.45, 2.75) is 87.9 Å². The van der Waals surface area contributed by atoms with Crippen LogP contribution in [0.4, 0.5) is 0 Å². The molecule has 5 aromatic carbocycles. The SMILES string of the molecule is N#Cc1ccc(-c2cc(-c3ccccc3)cc(-c3nc(-c4ccc(C56C[C@H]7C[C@@H](C5)C[C@@H](C6)C7)cc4)nc(-c4ccc(C56C[C@H]7C[C@@H](C5)C[C@@H](C6)C7)cc4)n3)c2)cc1. The average molecular weight is 755 g/mol. The summed E-state index contributed by atoms with van der Waals surface area (Å²) in [5, 5.41) is 9.52. The zero-order valence-corrected chi connectivity index (χ0v) is 33.3. The molecule has 8 aliphatic carbocycles. The topological polar surface area (TPSA) is 62.5 Å². The van der Waals surface area contributed by atoms with E-state index in [9.17, 15) is 5.26 Å². The molecule has 8 saturated carbocycles. The number of hydrogen-bond acceptors (Lipinski definition) is 4. The third-order valence-electron chi connectivity index (χ3n) is 15.9. The second-order valence-electron chi connectivity index (χ2n) is 19.7. The van der Waals surface area contributed by atoms with E-state index in [1.54, 1.807) is 0 Å². The molecule has 0 atom stereocenters. The summed E-state index contributed by atoms with van der Waals surface area (Å²) in [4.78, 5) is 15.9. The van der Waals surface area contributed by atoms with Crippen LogP contribution in [0.3, 0.4) is 0 Å². The smallest absolute Gasteiger partial charge is 0.164 e. The van der Waals surface area contributed by atoms with Crippen molar-refractivity contribution in [3.8, 4) is 62.5 Å². The van der Waals surface area contributed by atoms with Crippen molar-refractivity contribution < 1.29 is 0 Å². The quantitative estimate of drug-likeness (QED) is 0.163. The van der Waals surface area contributed by atoms with Gasteiger partial charge in [-0.05, 0) is 187 Å². The molecule has 1 heterocycles. The predicted molar refractivity (Wildman–Crippen MR) is 231 cm³/mol. The van der Waals surface area contributed by atoms with E-state index in [4.69, 9.17) is 15.0 Å². The molecule has 0 N–H and O–H groups in total. The Labute approximate surface area is 342 Å². The first-order valence-corrected chi connectivity index (χ1v) is 22.1. The Morgan fingerprint density at radius 3 is 1.12 bits per heavy atom. The summed E-state index contributed by atoms with van der Waals surface area (Å²) in [6.45, 7) is 0. The van der Waals surface area contributed by atoms with Crippen molar-refractivity contribution in [2.75, 3.05) is 0 Å². The van der Waals surface area contributed by atoms with Crippen molar-refractivity contribution in [3.63, 3.8) is 0 Å². The van der Waals surface area contributed by atoms with Gasteiger partial charge in [0.15, 0.2) is 17.5 Å². The molecule has 14 rings (SSSR count). The van der Waals surface area contributed by atoms with Gasteiger partial charge < -0.3 is 0 Å². The maximum Gasteiger partial charge on any atom is 0.164 e. The van der Waals surface area contributed by atoms with Gasteiger partial charge in [-0.1, -0.05) is 91.0 Å². The van der Waals surface area contributed by atoms with Crippen molar-refractivity contribution >= 4 is 0 Å². The van der Waals surface area contributed by atoms with Gasteiger partial charge >= 0.3 is 0 Å². The maximum absolute atomic E-state index is 9.52. The summed E-state index contributed by atoms with van der Waals surface area (Å²) in [7, 11) is 0. The van der Waals surface area contributed by atoms with Gasteiger partial charge in [0.1, 0.15) is 0 Å². The monoisotopic (exact) mass is 754 g/mol. The molecule has 0 radical (unpaired) electrons. The van der Waals surface area contributed by atoms with Crippen LogP contribution >= 0.6 is 0 Å². The van der Waals surface area contributed by atoms with Crippen LogP contribution in [-0.4, -0.2) is 15.0 Å². The Morgan fingerprint density at radius 2 is 0.724 bits per heavy atom. The van der Waals surface area contributed by atoms with Gasteiger partial charge in [0.25, 0.3) is 0 Å². The zero-order valence-electron chi connectivity index (χ0n) is 33.3. The molecular weight excluding hydrogens is 705 g/mol. The van der Waals surface area contributed by atoms with Crippen LogP contribution in [0.2, 0.25) is 0 Å². The first kappa shape index (κ1) is 34.6. The lowest BCUT2D eigenvalue weighted by Crippen LogP contribution is -2.48. The van der Waals surface area contributed by atoms with E-state index in [1.807, 2.05) is 24.3 Å². The van der Waals surface area contributed by atoms with Gasteiger partial charge in [-0.25, -0.2) is 15.0 Å². The number of rotatable bonds is 7. The van der Waals surface area contributed by atoms with Crippen molar-refractivity contribution in [1.82, 2.24) is 15.0 Å². The van der Waals surface area contributed by atoms with Crippen LogP contribution in [0, 0.1) is 46.8 Å². The minimum absolute atomic E-state index is 0.348. The zero-order chi connectivity index (χ0) is 38.4. The normalized spacial score (nSPS) is 30.1. The van der Waals surface area contributed by atoms with Crippen LogP contribution < -0.4 is 0 Å². The fourth-order valence-corrected chi connectivity index (χ4v) is 14.1. The molecule has 58 heavy (non-hydrogen) atoms. The molecule has 286 valence electrons. The number of nitrogens with zero attached hydrogens (tertiary/aromatic N) is 4. The van der Waals surface area contributed by atoms with E-state index in [2.05, 4.69) is 103 Å². The van der Waals surface area contributed by atoms with Gasteiger partial charge in [-0.2, -0.15) is 5.26 Å². The molecule has 8 fully saturated rings. The fraction of sp³-hybridized carbons (Fsp3) is 0.370. The summed E-state index contributed by atoms with van der Waals surface area (Å²) in [6, 6.07) is 46.1. The van der Waals surface area contributed by atoms with Gasteiger partial charge in [-0.15, -0.1) is 0 Å². The van der Waals surface area contributed by atoms with E-state index in [-0.39, 0.29) is 0 Å². The highest BCUT2D eigenvalue weighted by Crippen LogP contribution is 2.62. The lowest BCUT2D eigenvalue weighted by Gasteiger charge is -2.57. The first-order valence-electron chi connectivity index (χ1n) is 22.1. The Hall–Kier alpha value is -5.40. The third-order valence-corrected chi connectivity index (χ3v) is 15.9. The standard InChI is InChI=1S/C54H50N4/c55-33-34-6-8-42(9-7-34)46-24-45(41-4-2-1-3-5-41)25-47(26-46)52-57-50(43-10-14-48(15-11-43)53-27-35-18-36(28-53)20-37(19-35)29-53)56-51(58-52)44-12-16-49(17-13-44)54-30-38-21-39(31-54)23-40(22-38)32-54/h1-17,24-26,35-40H,18-23,27-32H2/t35-,36+,37-,38-,39+,40-,53?,54?. The van der Waals surface area contributed by atoms with Crippen LogP contribution in [0.25, 0.3) is 56.4 Å². The Balaban J connectivity index is 0.965. The van der Waals surface area contributed by atoms with Crippen molar-refractivity contribution in [2.24, 2.45) is 35.5 Å². The van der Waals surface area contributed by atoms with Crippen molar-refractivity contribution in [3.05, 3.63) is 138 Å². The van der Waals surface area contributed by atoms with Gasteiger partial charge in [-0.3, -0.25) is 0 Å². The molecule has 4 heteroatoms. The molecule has 1 aromatic heterocycles. The highest BCUT2D eigenvalue weighted by atomic mass is 15.0. The maximum atomic E-state index is 9.52. The van der Waals surface area contributed by atoms with E-state index in [1.165, 1.54) is 88.2 Å². The molecule has 4 nitrogen and oxygen atoms in total. The largest absolute Gasteiger partial charge is 0.208 e. The van der Waals surface area contributed by atoms with Crippen molar-refractivity contribution in [1.29, 1.82) is 5.26 Å². The molecule has 0 unspecified atom stereocenters. The summed E-state index contributed by atoms with van der Waals surface area (Å²) in [5.74, 6) is 7.57. The van der Waals surface area contributed by atoms with Gasteiger partial charge in [0, 0.05) is 16.7 Å². The summed E-state index contributed by atoms with van der Waals surface area (Å²) < 4.78 is 0. The third kappa shape index (κ3) is 5.95. The molecule has 0 spiro atoms. The number of benzene rings is 5. The minimum atomic E-state index is 0.348. The summed E-state index contributed by atoms with van der Waals surface area (Å²) in [5.41, 5.74) is 11.7. The Morgan fingerprint density at radius 1 is 0.379 bits per heavy atom. The Kier molecular flexibility index (Phi) is 7.95. The second-order valence-corrected chi connectivity index (χ2v) is 19.7. The minimum Gasteiger partial charge on any atom is -0.208 e. The second kappa shape index (κ2) is 13.3. The predicted octanol–water partition coefficient (Wildman–Crippen LogP) is 13.0. The van der Waals surface area contributed by atoms with Crippen LogP contribution in [-0.2, 0) is 10.8 Å². The molecule has 8 aliphatic rings. The lowest BCUT2D eigenvalue weighted by molar-refractivity contribution is -0.00530. The molecule has 8 bridgehead atoms. The first-order chi connectivity index (χ1) is 28.4. The molecular formula is C54H50N4. The lowest BCUT2D eigenvalue weighted by atomic mass is 9.48. The summed E-state index contributed by atoms with van der Waals surface area (Å²) >= 11 is 0. The number of hydrogen-bond donors (Lipinski definition) is 0. The number of aromatic nitrogens is 3. The van der Waals surface area contributed by atoms with E-state index in [0.717, 1.165) is 74.5 Å². The van der Waals surface area contributed by atoms with Gasteiger partial charge in [0.2, 0.25) is 0 Å². The van der Waals surface area contributed by atoms with E-state index >= 15 is 0 Å². The van der Waals surface area contributed by atoms with Gasteiger partial charge in [0.05, 0.1) is 11.6 Å². The van der Waals surface area contributed by atoms with Crippen LogP contribution in [0.1, 0.15) is 93.7 Å². The van der Waals surface area contributed by atoms with E-state index < -0.39 is 0 Å². The summed E-state index contributed by atoms with van der Waals surface area (Å²) in [6.07, 6.45) is 16.9. The Bertz CT molecular complexity index is 2390. The fourth-order valence-electron chi connectivity index (χ4n) is 14.1. The molecule has 0 aliphatic heterocycles. The highest BCUT2D eigenvalue weighted by Gasteiger charge is 2.52. The molecule has 6 aromatic rings. The van der Waals surface area contributed by atoms with E-state index in [0.29, 0.717) is 33.9 Å². The van der Waals surface area contributed by atoms with Crippen LogP contribution in [0.5, 0.6) is 0 Å². The number of nitriles is 1. The molecule has 0 amide bonds.